The van der Waals surface area contributed by atoms with Gasteiger partial charge in [-0.2, -0.15) is 5.26 Å². The van der Waals surface area contributed by atoms with Crippen LogP contribution in [-0.2, 0) is 0 Å². The zero-order valence-electron chi connectivity index (χ0n) is 9.77. The molecule has 0 aliphatic heterocycles. The number of benzene rings is 1. The number of rotatable bonds is 4. The van der Waals surface area contributed by atoms with Crippen molar-refractivity contribution in [2.24, 2.45) is 0 Å². The van der Waals surface area contributed by atoms with Crippen LogP contribution in [-0.4, -0.2) is 31.3 Å². The van der Waals surface area contributed by atoms with Crippen molar-refractivity contribution >= 4 is 29.1 Å². The molecule has 0 saturated heterocycles. The average Bonchev–Trinajstić information content (AvgIpc) is 2.31. The average molecular weight is 269 g/mol. The monoisotopic (exact) mass is 268 g/mol. The Morgan fingerprint density at radius 2 is 2.33 bits per heavy atom. The van der Waals surface area contributed by atoms with Gasteiger partial charge in [-0.15, -0.1) is 0 Å². The second kappa shape index (κ2) is 5.98. The van der Waals surface area contributed by atoms with Crippen LogP contribution in [0.25, 0.3) is 0 Å². The molecule has 18 heavy (non-hydrogen) atoms. The predicted molar refractivity (Wildman–Crippen MR) is 69.9 cm³/mol. The van der Waals surface area contributed by atoms with Crippen LogP contribution in [0.4, 0.5) is 16.2 Å². The third-order valence-electron chi connectivity index (χ3n) is 2.37. The standard InChI is InChI=1S/C11H13ClN4O2/c1-16(3-2-15-11(17)18)10-5-8(12)9(14)4-7(10)6-13/h4-5,15H,2-3,14H2,1H3,(H,17,18). The topological polar surface area (TPSA) is 102 Å². The van der Waals surface area contributed by atoms with Gasteiger partial charge in [-0.05, 0) is 12.1 Å². The van der Waals surface area contributed by atoms with E-state index in [1.54, 1.807) is 18.0 Å². The lowest BCUT2D eigenvalue weighted by Gasteiger charge is -2.21. The molecule has 4 N–H and O–H groups in total. The molecule has 0 saturated carbocycles. The van der Waals surface area contributed by atoms with Crippen molar-refractivity contribution in [3.05, 3.63) is 22.7 Å². The number of carboxylic acid groups (broad SMARTS) is 1. The molecule has 0 aliphatic rings. The molecule has 0 fully saturated rings. The van der Waals surface area contributed by atoms with Gasteiger partial charge in [0.25, 0.3) is 0 Å². The molecule has 0 radical (unpaired) electrons. The van der Waals surface area contributed by atoms with Gasteiger partial charge in [0, 0.05) is 20.1 Å². The second-order valence-electron chi connectivity index (χ2n) is 3.66. The summed E-state index contributed by atoms with van der Waals surface area (Å²) in [4.78, 5) is 12.1. The molecule has 7 heteroatoms. The summed E-state index contributed by atoms with van der Waals surface area (Å²) in [5.41, 5.74) is 6.97. The minimum absolute atomic E-state index is 0.249. The molecule has 6 nitrogen and oxygen atoms in total. The number of halogens is 1. The van der Waals surface area contributed by atoms with Crippen molar-refractivity contribution in [1.82, 2.24) is 5.32 Å². The van der Waals surface area contributed by atoms with Gasteiger partial charge in [0.05, 0.1) is 22.0 Å². The van der Waals surface area contributed by atoms with Gasteiger partial charge >= 0.3 is 6.09 Å². The number of hydrogen-bond acceptors (Lipinski definition) is 4. The maximum absolute atomic E-state index is 10.3. The van der Waals surface area contributed by atoms with E-state index in [1.165, 1.54) is 6.07 Å². The lowest BCUT2D eigenvalue weighted by Crippen LogP contribution is -2.32. The van der Waals surface area contributed by atoms with Crippen LogP contribution in [0, 0.1) is 11.3 Å². The van der Waals surface area contributed by atoms with Gasteiger partial charge in [-0.1, -0.05) is 11.6 Å². The Bertz CT molecular complexity index is 499. The Labute approximate surface area is 110 Å². The molecular formula is C11H13ClN4O2. The van der Waals surface area contributed by atoms with E-state index in [1.807, 2.05) is 6.07 Å². The van der Waals surface area contributed by atoms with E-state index in [2.05, 4.69) is 5.32 Å². The largest absolute Gasteiger partial charge is 0.465 e. The fourth-order valence-corrected chi connectivity index (χ4v) is 1.59. The summed E-state index contributed by atoms with van der Waals surface area (Å²) in [5.74, 6) is 0. The summed E-state index contributed by atoms with van der Waals surface area (Å²) in [5, 5.41) is 20.1. The number of nitrogens with one attached hydrogen (secondary N) is 1. The summed E-state index contributed by atoms with van der Waals surface area (Å²) >= 11 is 5.90. The summed E-state index contributed by atoms with van der Waals surface area (Å²) in [6.45, 7) is 0.667. The van der Waals surface area contributed by atoms with Crippen LogP contribution < -0.4 is 16.0 Å². The van der Waals surface area contributed by atoms with Crippen molar-refractivity contribution in [2.75, 3.05) is 30.8 Å². The van der Waals surface area contributed by atoms with Crippen LogP contribution in [0.1, 0.15) is 5.56 Å². The number of nitriles is 1. The van der Waals surface area contributed by atoms with Gasteiger partial charge in [-0.3, -0.25) is 0 Å². The Morgan fingerprint density at radius 3 is 2.89 bits per heavy atom. The Morgan fingerprint density at radius 1 is 1.67 bits per heavy atom. The van der Waals surface area contributed by atoms with Crippen LogP contribution in [0.2, 0.25) is 5.02 Å². The zero-order chi connectivity index (χ0) is 13.7. The lowest BCUT2D eigenvalue weighted by atomic mass is 10.1. The quantitative estimate of drug-likeness (QED) is 0.718. The van der Waals surface area contributed by atoms with Gasteiger partial charge < -0.3 is 21.1 Å². The van der Waals surface area contributed by atoms with Gasteiger partial charge in [-0.25, -0.2) is 4.79 Å². The molecule has 96 valence electrons. The second-order valence-corrected chi connectivity index (χ2v) is 4.06. The number of nitrogens with zero attached hydrogens (tertiary/aromatic N) is 2. The van der Waals surface area contributed by atoms with E-state index in [-0.39, 0.29) is 6.54 Å². The lowest BCUT2D eigenvalue weighted by molar-refractivity contribution is 0.195. The molecule has 0 atom stereocenters. The maximum Gasteiger partial charge on any atom is 0.404 e. The number of nitrogens with two attached hydrogens (primary N) is 1. The van der Waals surface area contributed by atoms with E-state index in [4.69, 9.17) is 27.7 Å². The van der Waals surface area contributed by atoms with Gasteiger partial charge in [0.15, 0.2) is 0 Å². The van der Waals surface area contributed by atoms with Crippen LogP contribution in [0.3, 0.4) is 0 Å². The fourth-order valence-electron chi connectivity index (χ4n) is 1.44. The van der Waals surface area contributed by atoms with E-state index in [0.29, 0.717) is 28.5 Å². The number of nitrogen functional groups attached to an aromatic ring is 1. The summed E-state index contributed by atoms with van der Waals surface area (Å²) in [6.07, 6.45) is -1.08. The highest BCUT2D eigenvalue weighted by Crippen LogP contribution is 2.28. The first kappa shape index (κ1) is 13.9. The molecule has 1 rings (SSSR count). The smallest absolute Gasteiger partial charge is 0.404 e. The normalized spacial score (nSPS) is 9.61. The summed E-state index contributed by atoms with van der Waals surface area (Å²) in [6, 6.07) is 5.12. The first-order chi connectivity index (χ1) is 8.45. The van der Waals surface area contributed by atoms with Crippen LogP contribution >= 0.6 is 11.6 Å². The third kappa shape index (κ3) is 3.43. The van der Waals surface area contributed by atoms with Crippen molar-refractivity contribution in [1.29, 1.82) is 5.26 Å². The Balaban J connectivity index is 2.85. The SMILES string of the molecule is CN(CCNC(=O)O)c1cc(Cl)c(N)cc1C#N. The van der Waals surface area contributed by atoms with Gasteiger partial charge in [0.2, 0.25) is 0 Å². The minimum Gasteiger partial charge on any atom is -0.465 e. The Kier molecular flexibility index (Phi) is 4.63. The predicted octanol–water partition coefficient (Wildman–Crippen LogP) is 1.50. The van der Waals surface area contributed by atoms with Gasteiger partial charge in [0.1, 0.15) is 6.07 Å². The van der Waals surface area contributed by atoms with E-state index in [9.17, 15) is 4.79 Å². The molecule has 0 aliphatic carbocycles. The molecule has 0 aromatic heterocycles. The molecule has 0 unspecified atom stereocenters. The summed E-state index contributed by atoms with van der Waals surface area (Å²) < 4.78 is 0. The number of carbonyl (C=O) groups is 1. The number of amides is 1. The molecule has 0 spiro atoms. The molecule has 1 amide bonds. The van der Waals surface area contributed by atoms with Crippen LogP contribution in [0.5, 0.6) is 0 Å². The first-order valence-corrected chi connectivity index (χ1v) is 5.50. The molecule has 0 heterocycles. The van der Waals surface area contributed by atoms with E-state index in [0.717, 1.165) is 0 Å². The van der Waals surface area contributed by atoms with Crippen molar-refractivity contribution in [2.45, 2.75) is 0 Å². The highest BCUT2D eigenvalue weighted by atomic mass is 35.5. The number of anilines is 2. The van der Waals surface area contributed by atoms with Crippen molar-refractivity contribution in [3.63, 3.8) is 0 Å². The van der Waals surface area contributed by atoms with E-state index >= 15 is 0 Å². The number of likely N-dealkylation sites (N-methyl/N-ethyl adjacent to an activating group) is 1. The maximum atomic E-state index is 10.3. The number of hydrogen-bond donors (Lipinski definition) is 3. The highest BCUT2D eigenvalue weighted by Gasteiger charge is 2.10. The minimum atomic E-state index is -1.08. The highest BCUT2D eigenvalue weighted by molar-refractivity contribution is 6.33. The molecular weight excluding hydrogens is 256 g/mol. The van der Waals surface area contributed by atoms with E-state index < -0.39 is 6.09 Å². The molecule has 1 aromatic rings. The zero-order valence-corrected chi connectivity index (χ0v) is 10.5. The van der Waals surface area contributed by atoms with Crippen molar-refractivity contribution < 1.29 is 9.90 Å². The molecule has 1 aromatic carbocycles. The first-order valence-electron chi connectivity index (χ1n) is 5.12. The fraction of sp³-hybridized carbons (Fsp3) is 0.273. The molecule has 0 bridgehead atoms. The Hall–Kier alpha value is -2.13. The summed E-state index contributed by atoms with van der Waals surface area (Å²) in [7, 11) is 1.74. The van der Waals surface area contributed by atoms with Crippen LogP contribution in [0.15, 0.2) is 12.1 Å². The van der Waals surface area contributed by atoms with Crippen molar-refractivity contribution in [3.8, 4) is 6.07 Å². The third-order valence-corrected chi connectivity index (χ3v) is 2.70.